The molecular weight excluding hydrogens is 386 g/mol. The van der Waals surface area contributed by atoms with Crippen molar-refractivity contribution in [3.05, 3.63) is 64.7 Å². The summed E-state index contributed by atoms with van der Waals surface area (Å²) in [4.78, 5) is 14.9. The van der Waals surface area contributed by atoms with Crippen LogP contribution in [0, 0.1) is 13.8 Å². The molecule has 1 N–H and O–H groups in total. The number of amides is 1. The molecule has 1 aliphatic rings. The summed E-state index contributed by atoms with van der Waals surface area (Å²) in [5.74, 6) is 0.0179. The average molecular weight is 416 g/mol. The van der Waals surface area contributed by atoms with Gasteiger partial charge in [-0.25, -0.2) is 8.42 Å². The molecule has 0 spiro atoms. The molecule has 0 unspecified atom stereocenters. The van der Waals surface area contributed by atoms with E-state index in [-0.39, 0.29) is 11.7 Å². The summed E-state index contributed by atoms with van der Waals surface area (Å²) in [6, 6.07) is 13.6. The van der Waals surface area contributed by atoms with E-state index in [9.17, 15) is 13.2 Å². The van der Waals surface area contributed by atoms with Crippen LogP contribution < -0.4 is 5.32 Å². The first kappa shape index (κ1) is 21.5. The second kappa shape index (κ2) is 9.07. The van der Waals surface area contributed by atoms with Crippen molar-refractivity contribution in [3.63, 3.8) is 0 Å². The predicted octanol–water partition coefficient (Wildman–Crippen LogP) is 3.02. The topological polar surface area (TPSA) is 69.7 Å². The van der Waals surface area contributed by atoms with Gasteiger partial charge < -0.3 is 5.32 Å². The number of piperazine rings is 1. The maximum atomic E-state index is 12.7. The quantitative estimate of drug-likeness (QED) is 0.787. The third kappa shape index (κ3) is 5.44. The summed E-state index contributed by atoms with van der Waals surface area (Å²) in [6.45, 7) is 8.77. The standard InChI is InChI=1S/C22H29N3O3S/c1-4-29(27,28)25-12-10-24(11-13-25)16-19-6-5-7-20(15-19)22(26)23-21-14-17(2)8-9-18(21)3/h5-9,14-15H,4,10-13,16H2,1-3H3,(H,23,26). The number of carbonyl (C=O) groups excluding carboxylic acids is 1. The molecule has 0 aliphatic carbocycles. The number of benzene rings is 2. The van der Waals surface area contributed by atoms with E-state index in [2.05, 4.69) is 10.2 Å². The molecule has 1 heterocycles. The summed E-state index contributed by atoms with van der Waals surface area (Å²) in [6.07, 6.45) is 0. The lowest BCUT2D eigenvalue weighted by molar-refractivity contribution is 0.102. The molecule has 0 saturated carbocycles. The molecular formula is C22H29N3O3S. The minimum absolute atomic E-state index is 0.126. The Labute approximate surface area is 173 Å². The van der Waals surface area contributed by atoms with Crippen molar-refractivity contribution < 1.29 is 13.2 Å². The number of hydrogen-bond donors (Lipinski definition) is 1. The van der Waals surface area contributed by atoms with Gasteiger partial charge in [0.1, 0.15) is 0 Å². The lowest BCUT2D eigenvalue weighted by atomic mass is 10.1. The summed E-state index contributed by atoms with van der Waals surface area (Å²) in [5.41, 5.74) is 4.62. The van der Waals surface area contributed by atoms with Crippen LogP contribution in [-0.4, -0.2) is 55.5 Å². The zero-order valence-electron chi connectivity index (χ0n) is 17.3. The summed E-state index contributed by atoms with van der Waals surface area (Å²) >= 11 is 0. The molecule has 156 valence electrons. The molecule has 7 heteroatoms. The van der Waals surface area contributed by atoms with Crippen molar-refractivity contribution in [1.29, 1.82) is 0 Å². The van der Waals surface area contributed by atoms with Crippen molar-refractivity contribution >= 4 is 21.6 Å². The predicted molar refractivity (Wildman–Crippen MR) is 117 cm³/mol. The van der Waals surface area contributed by atoms with Gasteiger partial charge in [0.05, 0.1) is 5.75 Å². The van der Waals surface area contributed by atoms with Crippen LogP contribution in [0.15, 0.2) is 42.5 Å². The Morgan fingerprint density at radius 2 is 1.76 bits per heavy atom. The van der Waals surface area contributed by atoms with Gasteiger partial charge >= 0.3 is 0 Å². The monoisotopic (exact) mass is 415 g/mol. The van der Waals surface area contributed by atoms with Crippen molar-refractivity contribution in [1.82, 2.24) is 9.21 Å². The highest BCUT2D eigenvalue weighted by Crippen LogP contribution is 2.18. The molecule has 6 nitrogen and oxygen atoms in total. The highest BCUT2D eigenvalue weighted by Gasteiger charge is 2.25. The first-order chi connectivity index (χ1) is 13.8. The Morgan fingerprint density at radius 3 is 2.45 bits per heavy atom. The number of nitrogens with zero attached hydrogens (tertiary/aromatic N) is 2. The van der Waals surface area contributed by atoms with Crippen LogP contribution in [0.3, 0.4) is 0 Å². The first-order valence-corrected chi connectivity index (χ1v) is 11.6. The smallest absolute Gasteiger partial charge is 0.255 e. The van der Waals surface area contributed by atoms with Gasteiger partial charge in [0.25, 0.3) is 5.91 Å². The number of hydrogen-bond acceptors (Lipinski definition) is 4. The lowest BCUT2D eigenvalue weighted by Crippen LogP contribution is -2.48. The van der Waals surface area contributed by atoms with Gasteiger partial charge in [-0.1, -0.05) is 24.3 Å². The molecule has 0 bridgehead atoms. The van der Waals surface area contributed by atoms with Gasteiger partial charge in [0.15, 0.2) is 0 Å². The summed E-state index contributed by atoms with van der Waals surface area (Å²) in [7, 11) is -3.12. The molecule has 0 aromatic heterocycles. The molecule has 1 fully saturated rings. The second-order valence-corrected chi connectivity index (χ2v) is 9.81. The Morgan fingerprint density at radius 1 is 1.03 bits per heavy atom. The number of rotatable bonds is 6. The number of nitrogens with one attached hydrogen (secondary N) is 1. The first-order valence-electron chi connectivity index (χ1n) is 9.96. The van der Waals surface area contributed by atoms with E-state index >= 15 is 0 Å². The average Bonchev–Trinajstić information content (AvgIpc) is 2.71. The Balaban J connectivity index is 1.63. The molecule has 0 radical (unpaired) electrons. The Bertz CT molecular complexity index is 981. The van der Waals surface area contributed by atoms with Crippen LogP contribution in [0.5, 0.6) is 0 Å². The summed E-state index contributed by atoms with van der Waals surface area (Å²) < 4.78 is 25.6. The second-order valence-electron chi connectivity index (χ2n) is 7.55. The fourth-order valence-electron chi connectivity index (χ4n) is 3.48. The molecule has 2 aromatic carbocycles. The van der Waals surface area contributed by atoms with Gasteiger partial charge in [0, 0.05) is 44.0 Å². The van der Waals surface area contributed by atoms with Gasteiger partial charge in [0.2, 0.25) is 10.0 Å². The van der Waals surface area contributed by atoms with Crippen LogP contribution in [0.1, 0.15) is 34.0 Å². The zero-order chi connectivity index (χ0) is 21.0. The number of anilines is 1. The largest absolute Gasteiger partial charge is 0.322 e. The number of sulfonamides is 1. The highest BCUT2D eigenvalue weighted by atomic mass is 32.2. The maximum absolute atomic E-state index is 12.7. The van der Waals surface area contributed by atoms with E-state index in [0.717, 1.165) is 22.4 Å². The number of aryl methyl sites for hydroxylation is 2. The molecule has 1 saturated heterocycles. The number of carbonyl (C=O) groups is 1. The van der Waals surface area contributed by atoms with Crippen molar-refractivity contribution in [3.8, 4) is 0 Å². The molecule has 1 amide bonds. The minimum atomic E-state index is -3.12. The van der Waals surface area contributed by atoms with E-state index in [1.54, 1.807) is 11.2 Å². The fourth-order valence-corrected chi connectivity index (χ4v) is 4.57. The minimum Gasteiger partial charge on any atom is -0.322 e. The normalized spacial score (nSPS) is 16.0. The molecule has 2 aromatic rings. The Hall–Kier alpha value is -2.22. The fraction of sp³-hybridized carbons (Fsp3) is 0.409. The van der Waals surface area contributed by atoms with Crippen LogP contribution >= 0.6 is 0 Å². The van der Waals surface area contributed by atoms with E-state index in [1.165, 1.54) is 0 Å². The van der Waals surface area contributed by atoms with E-state index in [0.29, 0.717) is 38.3 Å². The van der Waals surface area contributed by atoms with Crippen molar-refractivity contribution in [2.24, 2.45) is 0 Å². The zero-order valence-corrected chi connectivity index (χ0v) is 18.1. The van der Waals surface area contributed by atoms with E-state index in [1.807, 2.05) is 56.3 Å². The third-order valence-electron chi connectivity index (χ3n) is 5.33. The Kier molecular flexibility index (Phi) is 6.72. The van der Waals surface area contributed by atoms with Crippen molar-refractivity contribution in [2.45, 2.75) is 27.3 Å². The van der Waals surface area contributed by atoms with Gasteiger partial charge in [-0.3, -0.25) is 9.69 Å². The maximum Gasteiger partial charge on any atom is 0.255 e. The van der Waals surface area contributed by atoms with Crippen LogP contribution in [0.4, 0.5) is 5.69 Å². The van der Waals surface area contributed by atoms with Gasteiger partial charge in [-0.2, -0.15) is 4.31 Å². The van der Waals surface area contributed by atoms with Crippen LogP contribution in [0.25, 0.3) is 0 Å². The third-order valence-corrected chi connectivity index (χ3v) is 7.21. The summed E-state index contributed by atoms with van der Waals surface area (Å²) in [5, 5.41) is 3.00. The SMILES string of the molecule is CCS(=O)(=O)N1CCN(Cc2cccc(C(=O)Nc3cc(C)ccc3C)c2)CC1. The highest BCUT2D eigenvalue weighted by molar-refractivity contribution is 7.89. The van der Waals surface area contributed by atoms with Gasteiger partial charge in [-0.05, 0) is 55.7 Å². The molecule has 0 atom stereocenters. The van der Waals surface area contributed by atoms with Crippen molar-refractivity contribution in [2.75, 3.05) is 37.2 Å². The van der Waals surface area contributed by atoms with Crippen LogP contribution in [0.2, 0.25) is 0 Å². The van der Waals surface area contributed by atoms with E-state index in [4.69, 9.17) is 0 Å². The van der Waals surface area contributed by atoms with E-state index < -0.39 is 10.0 Å². The lowest BCUT2D eigenvalue weighted by Gasteiger charge is -2.33. The van der Waals surface area contributed by atoms with Crippen LogP contribution in [-0.2, 0) is 16.6 Å². The molecule has 1 aliphatic heterocycles. The molecule has 3 rings (SSSR count). The van der Waals surface area contributed by atoms with Gasteiger partial charge in [-0.15, -0.1) is 0 Å². The molecule has 29 heavy (non-hydrogen) atoms.